The lowest BCUT2D eigenvalue weighted by Gasteiger charge is -2.18. The molecule has 3 N–H and O–H groups in total. The van der Waals surface area contributed by atoms with E-state index in [0.717, 1.165) is 17.7 Å². The smallest absolute Gasteiger partial charge is 0.251 e. The molecule has 2 aromatic carbocycles. The van der Waals surface area contributed by atoms with Crippen molar-refractivity contribution in [1.82, 2.24) is 10.6 Å². The van der Waals surface area contributed by atoms with Gasteiger partial charge < -0.3 is 20.7 Å². The Morgan fingerprint density at radius 3 is 2.56 bits per heavy atom. The maximum absolute atomic E-state index is 12.3. The molecule has 144 valence electrons. The third-order valence-electron chi connectivity index (χ3n) is 4.11. The van der Waals surface area contributed by atoms with E-state index < -0.39 is 0 Å². The van der Waals surface area contributed by atoms with Gasteiger partial charge in [0.15, 0.2) is 0 Å². The molecule has 0 spiro atoms. The van der Waals surface area contributed by atoms with E-state index >= 15 is 0 Å². The van der Waals surface area contributed by atoms with Crippen molar-refractivity contribution < 1.29 is 14.3 Å². The summed E-state index contributed by atoms with van der Waals surface area (Å²) >= 11 is 0. The van der Waals surface area contributed by atoms with Crippen molar-refractivity contribution in [2.45, 2.75) is 19.4 Å². The second-order valence-corrected chi connectivity index (χ2v) is 6.12. The molecule has 27 heavy (non-hydrogen) atoms. The van der Waals surface area contributed by atoms with Crippen molar-refractivity contribution >= 4 is 17.5 Å². The molecule has 2 rings (SSSR count). The fraction of sp³-hybridized carbons (Fsp3) is 0.333. The van der Waals surface area contributed by atoms with Crippen LogP contribution in [0.2, 0.25) is 0 Å². The monoisotopic (exact) mass is 369 g/mol. The molecule has 2 amide bonds. The lowest BCUT2D eigenvalue weighted by atomic mass is 10.0. The largest absolute Gasteiger partial charge is 0.383 e. The summed E-state index contributed by atoms with van der Waals surface area (Å²) in [4.78, 5) is 24.4. The molecular formula is C21H27N3O3. The SMILES string of the molecule is CCC(NC(=O)CNc1cccc(C(=O)NCCOC)c1)c1ccccc1. The van der Waals surface area contributed by atoms with Gasteiger partial charge in [0, 0.05) is 24.9 Å². The zero-order valence-electron chi connectivity index (χ0n) is 15.8. The summed E-state index contributed by atoms with van der Waals surface area (Å²) in [6, 6.07) is 17.0. The molecule has 6 heteroatoms. The molecule has 0 saturated heterocycles. The summed E-state index contributed by atoms with van der Waals surface area (Å²) in [7, 11) is 1.59. The Kier molecular flexibility index (Phi) is 8.32. The lowest BCUT2D eigenvalue weighted by molar-refractivity contribution is -0.120. The molecule has 0 bridgehead atoms. The van der Waals surface area contributed by atoms with E-state index in [1.807, 2.05) is 43.3 Å². The van der Waals surface area contributed by atoms with Crippen molar-refractivity contribution in [3.05, 3.63) is 65.7 Å². The molecule has 0 fully saturated rings. The van der Waals surface area contributed by atoms with Crippen LogP contribution in [0.15, 0.2) is 54.6 Å². The normalized spacial score (nSPS) is 11.5. The summed E-state index contributed by atoms with van der Waals surface area (Å²) in [5, 5.41) is 8.87. The maximum atomic E-state index is 12.3. The predicted octanol–water partition coefficient (Wildman–Crippen LogP) is 2.74. The molecule has 1 atom stereocenters. The third-order valence-corrected chi connectivity index (χ3v) is 4.11. The van der Waals surface area contributed by atoms with Crippen LogP contribution in [0, 0.1) is 0 Å². The number of carbonyl (C=O) groups excluding carboxylic acids is 2. The van der Waals surface area contributed by atoms with Crippen LogP contribution >= 0.6 is 0 Å². The molecule has 0 aliphatic heterocycles. The Morgan fingerprint density at radius 2 is 1.85 bits per heavy atom. The van der Waals surface area contributed by atoms with E-state index in [2.05, 4.69) is 16.0 Å². The van der Waals surface area contributed by atoms with E-state index in [0.29, 0.717) is 18.7 Å². The highest BCUT2D eigenvalue weighted by Crippen LogP contribution is 2.16. The van der Waals surface area contributed by atoms with E-state index in [9.17, 15) is 9.59 Å². The van der Waals surface area contributed by atoms with Crippen molar-refractivity contribution in [3.63, 3.8) is 0 Å². The highest BCUT2D eigenvalue weighted by atomic mass is 16.5. The number of amides is 2. The summed E-state index contributed by atoms with van der Waals surface area (Å²) < 4.78 is 4.92. The summed E-state index contributed by atoms with van der Waals surface area (Å²) in [6.45, 7) is 3.09. The van der Waals surface area contributed by atoms with Gasteiger partial charge in [0.05, 0.1) is 19.2 Å². The number of benzene rings is 2. The van der Waals surface area contributed by atoms with Crippen LogP contribution in [0.5, 0.6) is 0 Å². The molecule has 0 aromatic heterocycles. The third kappa shape index (κ3) is 6.75. The Balaban J connectivity index is 1.87. The standard InChI is InChI=1S/C21H27N3O3/c1-3-19(16-8-5-4-6-9-16)24-20(25)15-23-18-11-7-10-17(14-18)21(26)22-12-13-27-2/h4-11,14,19,23H,3,12-13,15H2,1-2H3,(H,22,26)(H,24,25). The van der Waals surface area contributed by atoms with Gasteiger partial charge in [0.1, 0.15) is 0 Å². The number of ether oxygens (including phenoxy) is 1. The Bertz CT molecular complexity index is 734. The van der Waals surface area contributed by atoms with Gasteiger partial charge in [0.25, 0.3) is 5.91 Å². The lowest BCUT2D eigenvalue weighted by Crippen LogP contribution is -2.33. The number of methoxy groups -OCH3 is 1. The number of hydrogen-bond acceptors (Lipinski definition) is 4. The topological polar surface area (TPSA) is 79.5 Å². The van der Waals surface area contributed by atoms with Gasteiger partial charge in [-0.25, -0.2) is 0 Å². The first-order chi connectivity index (χ1) is 13.1. The van der Waals surface area contributed by atoms with Crippen molar-refractivity contribution in [1.29, 1.82) is 0 Å². The molecule has 0 aliphatic rings. The highest BCUT2D eigenvalue weighted by Gasteiger charge is 2.12. The number of hydrogen-bond donors (Lipinski definition) is 3. The summed E-state index contributed by atoms with van der Waals surface area (Å²) in [5.74, 6) is -0.268. The quantitative estimate of drug-likeness (QED) is 0.563. The van der Waals surface area contributed by atoms with Crippen molar-refractivity contribution in [2.24, 2.45) is 0 Å². The zero-order valence-corrected chi connectivity index (χ0v) is 15.8. The number of carbonyl (C=O) groups is 2. The van der Waals surface area contributed by atoms with Gasteiger partial charge in [-0.3, -0.25) is 9.59 Å². The molecular weight excluding hydrogens is 342 g/mol. The van der Waals surface area contributed by atoms with E-state index in [1.54, 1.807) is 25.3 Å². The van der Waals surface area contributed by atoms with Gasteiger partial charge >= 0.3 is 0 Å². The van der Waals surface area contributed by atoms with Crippen LogP contribution in [0.3, 0.4) is 0 Å². The zero-order chi connectivity index (χ0) is 19.5. The Hall–Kier alpha value is -2.86. The minimum atomic E-state index is -0.171. The number of rotatable bonds is 10. The average molecular weight is 369 g/mol. The first-order valence-electron chi connectivity index (χ1n) is 9.09. The minimum absolute atomic E-state index is 0.0154. The second kappa shape index (κ2) is 11.0. The van der Waals surface area contributed by atoms with Crippen molar-refractivity contribution in [2.75, 3.05) is 32.1 Å². The minimum Gasteiger partial charge on any atom is -0.383 e. The number of nitrogens with one attached hydrogen (secondary N) is 3. The van der Waals surface area contributed by atoms with Crippen molar-refractivity contribution in [3.8, 4) is 0 Å². The molecule has 1 unspecified atom stereocenters. The van der Waals surface area contributed by atoms with Crippen LogP contribution in [-0.4, -0.2) is 38.6 Å². The maximum Gasteiger partial charge on any atom is 0.251 e. The molecule has 0 radical (unpaired) electrons. The molecule has 0 saturated carbocycles. The molecule has 6 nitrogen and oxygen atoms in total. The van der Waals surface area contributed by atoms with Gasteiger partial charge in [-0.1, -0.05) is 43.3 Å². The predicted molar refractivity (Wildman–Crippen MR) is 107 cm³/mol. The van der Waals surface area contributed by atoms with Gasteiger partial charge in [0.2, 0.25) is 5.91 Å². The van der Waals surface area contributed by atoms with E-state index in [4.69, 9.17) is 4.74 Å². The fourth-order valence-electron chi connectivity index (χ4n) is 2.67. The first kappa shape index (κ1) is 20.5. The highest BCUT2D eigenvalue weighted by molar-refractivity contribution is 5.95. The molecule has 0 heterocycles. The first-order valence-corrected chi connectivity index (χ1v) is 9.09. The van der Waals surface area contributed by atoms with E-state index in [-0.39, 0.29) is 24.4 Å². The van der Waals surface area contributed by atoms with Crippen LogP contribution in [-0.2, 0) is 9.53 Å². The number of anilines is 1. The van der Waals surface area contributed by atoms with E-state index in [1.165, 1.54) is 0 Å². The Labute approximate surface area is 160 Å². The fourth-order valence-corrected chi connectivity index (χ4v) is 2.67. The van der Waals surface area contributed by atoms with Crippen LogP contribution in [0.1, 0.15) is 35.3 Å². The average Bonchev–Trinajstić information content (AvgIpc) is 2.71. The molecule has 2 aromatic rings. The van der Waals surface area contributed by atoms with Crippen LogP contribution in [0.25, 0.3) is 0 Å². The van der Waals surface area contributed by atoms with Gasteiger partial charge in [-0.2, -0.15) is 0 Å². The summed E-state index contributed by atoms with van der Waals surface area (Å²) in [6.07, 6.45) is 0.812. The summed E-state index contributed by atoms with van der Waals surface area (Å²) in [5.41, 5.74) is 2.34. The van der Waals surface area contributed by atoms with Crippen LogP contribution < -0.4 is 16.0 Å². The van der Waals surface area contributed by atoms with Crippen LogP contribution in [0.4, 0.5) is 5.69 Å². The van der Waals surface area contributed by atoms with Gasteiger partial charge in [-0.15, -0.1) is 0 Å². The Morgan fingerprint density at radius 1 is 1.07 bits per heavy atom. The second-order valence-electron chi connectivity index (χ2n) is 6.12. The molecule has 0 aliphatic carbocycles. The van der Waals surface area contributed by atoms with Gasteiger partial charge in [-0.05, 0) is 30.2 Å².